The van der Waals surface area contributed by atoms with Crippen LogP contribution in [0.2, 0.25) is 0 Å². The first kappa shape index (κ1) is 12.6. The quantitative estimate of drug-likeness (QED) is 0.864. The number of aliphatic hydroxyl groups excluding tert-OH is 1. The SMILES string of the molecule is Cc1c(Br)cccc1C(=O)N1CCCC(O)C1. The van der Waals surface area contributed by atoms with Crippen molar-refractivity contribution in [3.8, 4) is 0 Å². The van der Waals surface area contributed by atoms with Crippen LogP contribution in [0.4, 0.5) is 0 Å². The summed E-state index contributed by atoms with van der Waals surface area (Å²) in [7, 11) is 0. The zero-order chi connectivity index (χ0) is 12.4. The van der Waals surface area contributed by atoms with Crippen LogP contribution in [0, 0.1) is 6.92 Å². The van der Waals surface area contributed by atoms with Crippen LogP contribution in [0.25, 0.3) is 0 Å². The molecule has 17 heavy (non-hydrogen) atoms. The monoisotopic (exact) mass is 297 g/mol. The number of aliphatic hydroxyl groups is 1. The summed E-state index contributed by atoms with van der Waals surface area (Å²) in [5, 5.41) is 9.60. The summed E-state index contributed by atoms with van der Waals surface area (Å²) in [6.07, 6.45) is 1.29. The zero-order valence-corrected chi connectivity index (χ0v) is 11.4. The summed E-state index contributed by atoms with van der Waals surface area (Å²) in [6.45, 7) is 3.12. The lowest BCUT2D eigenvalue weighted by Gasteiger charge is -2.30. The van der Waals surface area contributed by atoms with Crippen LogP contribution >= 0.6 is 15.9 Å². The highest BCUT2D eigenvalue weighted by Gasteiger charge is 2.24. The third-order valence-electron chi connectivity index (χ3n) is 3.18. The van der Waals surface area contributed by atoms with Gasteiger partial charge in [0.15, 0.2) is 0 Å². The highest BCUT2D eigenvalue weighted by Crippen LogP contribution is 2.22. The highest BCUT2D eigenvalue weighted by molar-refractivity contribution is 9.10. The first-order valence-corrected chi connectivity index (χ1v) is 6.61. The highest BCUT2D eigenvalue weighted by atomic mass is 79.9. The van der Waals surface area contributed by atoms with E-state index in [1.807, 2.05) is 25.1 Å². The molecule has 0 spiro atoms. The summed E-state index contributed by atoms with van der Waals surface area (Å²) < 4.78 is 0.945. The van der Waals surface area contributed by atoms with Gasteiger partial charge in [0.05, 0.1) is 6.10 Å². The third kappa shape index (κ3) is 2.69. The number of carbonyl (C=O) groups is 1. The second kappa shape index (κ2) is 5.19. The minimum atomic E-state index is -0.375. The van der Waals surface area contributed by atoms with Crippen molar-refractivity contribution < 1.29 is 9.90 Å². The molecule has 1 aliphatic heterocycles. The summed E-state index contributed by atoms with van der Waals surface area (Å²) in [5.41, 5.74) is 1.67. The number of piperidine rings is 1. The predicted octanol–water partition coefficient (Wildman–Crippen LogP) is 2.35. The average molecular weight is 298 g/mol. The molecule has 0 saturated carbocycles. The number of β-amino-alcohol motifs (C(OH)–C–C–N with tert-alkyl or cyclic N) is 1. The van der Waals surface area contributed by atoms with Crippen LogP contribution in [0.1, 0.15) is 28.8 Å². The van der Waals surface area contributed by atoms with Crippen LogP contribution in [0.15, 0.2) is 22.7 Å². The van der Waals surface area contributed by atoms with Crippen molar-refractivity contribution in [2.45, 2.75) is 25.9 Å². The van der Waals surface area contributed by atoms with Gasteiger partial charge in [-0.3, -0.25) is 4.79 Å². The topological polar surface area (TPSA) is 40.5 Å². The maximum absolute atomic E-state index is 12.3. The Labute approximate surface area is 110 Å². The lowest BCUT2D eigenvalue weighted by Crippen LogP contribution is -2.42. The van der Waals surface area contributed by atoms with Crippen LogP contribution in [0.5, 0.6) is 0 Å². The molecule has 1 amide bonds. The van der Waals surface area contributed by atoms with Gasteiger partial charge in [-0.2, -0.15) is 0 Å². The molecule has 0 aliphatic carbocycles. The molecule has 1 aliphatic rings. The van der Waals surface area contributed by atoms with Gasteiger partial charge in [-0.05, 0) is 37.5 Å². The molecule has 92 valence electrons. The molecule has 2 rings (SSSR count). The normalized spacial score (nSPS) is 20.4. The van der Waals surface area contributed by atoms with Gasteiger partial charge in [-0.25, -0.2) is 0 Å². The Balaban J connectivity index is 2.22. The molecular formula is C13H16BrNO2. The predicted molar refractivity (Wildman–Crippen MR) is 70.0 cm³/mol. The Hall–Kier alpha value is -0.870. The molecule has 1 aromatic carbocycles. The first-order chi connectivity index (χ1) is 8.09. The number of halogens is 1. The van der Waals surface area contributed by atoms with E-state index in [2.05, 4.69) is 15.9 Å². The van der Waals surface area contributed by atoms with Crippen molar-refractivity contribution in [1.82, 2.24) is 4.90 Å². The van der Waals surface area contributed by atoms with Crippen molar-refractivity contribution in [2.24, 2.45) is 0 Å². The van der Waals surface area contributed by atoms with Crippen molar-refractivity contribution >= 4 is 21.8 Å². The molecule has 3 nitrogen and oxygen atoms in total. The van der Waals surface area contributed by atoms with E-state index in [1.54, 1.807) is 4.90 Å². The second-order valence-corrected chi connectivity index (χ2v) is 5.31. The minimum absolute atomic E-state index is 0.0163. The lowest BCUT2D eigenvalue weighted by atomic mass is 10.0. The Kier molecular flexibility index (Phi) is 3.84. The first-order valence-electron chi connectivity index (χ1n) is 5.82. The van der Waals surface area contributed by atoms with Gasteiger partial charge in [0, 0.05) is 23.1 Å². The summed E-state index contributed by atoms with van der Waals surface area (Å²) in [6, 6.07) is 5.63. The van der Waals surface area contributed by atoms with E-state index in [4.69, 9.17) is 0 Å². The summed E-state index contributed by atoms with van der Waals surface area (Å²) in [5.74, 6) is 0.0163. The van der Waals surface area contributed by atoms with Gasteiger partial charge in [0.1, 0.15) is 0 Å². The van der Waals surface area contributed by atoms with Gasteiger partial charge in [-0.1, -0.05) is 22.0 Å². The lowest BCUT2D eigenvalue weighted by molar-refractivity contribution is 0.0473. The molecule has 4 heteroatoms. The fourth-order valence-corrected chi connectivity index (χ4v) is 2.51. The molecule has 1 heterocycles. The smallest absolute Gasteiger partial charge is 0.254 e. The molecule has 1 unspecified atom stereocenters. The molecular weight excluding hydrogens is 282 g/mol. The third-order valence-corrected chi connectivity index (χ3v) is 4.04. The molecule has 0 aromatic heterocycles. The van der Waals surface area contributed by atoms with Gasteiger partial charge >= 0.3 is 0 Å². The molecule has 1 saturated heterocycles. The standard InChI is InChI=1S/C13H16BrNO2/c1-9-11(5-2-6-12(9)14)13(17)15-7-3-4-10(16)8-15/h2,5-6,10,16H,3-4,7-8H2,1H3. The number of likely N-dealkylation sites (tertiary alicyclic amines) is 1. The Morgan fingerprint density at radius 2 is 2.29 bits per heavy atom. The summed E-state index contributed by atoms with van der Waals surface area (Å²) in [4.78, 5) is 14.1. The number of hydrogen-bond donors (Lipinski definition) is 1. The fraction of sp³-hybridized carbons (Fsp3) is 0.462. The molecule has 1 aromatic rings. The van der Waals surface area contributed by atoms with E-state index in [-0.39, 0.29) is 12.0 Å². The van der Waals surface area contributed by atoms with Crippen molar-refractivity contribution in [3.63, 3.8) is 0 Å². The van der Waals surface area contributed by atoms with E-state index in [9.17, 15) is 9.90 Å². The summed E-state index contributed by atoms with van der Waals surface area (Å²) >= 11 is 3.43. The zero-order valence-electron chi connectivity index (χ0n) is 9.82. The Bertz CT molecular complexity index is 433. The van der Waals surface area contributed by atoms with Crippen molar-refractivity contribution in [3.05, 3.63) is 33.8 Å². The molecule has 1 N–H and O–H groups in total. The maximum atomic E-state index is 12.3. The van der Waals surface area contributed by atoms with Crippen molar-refractivity contribution in [1.29, 1.82) is 0 Å². The average Bonchev–Trinajstić information content (AvgIpc) is 2.32. The number of nitrogens with zero attached hydrogens (tertiary/aromatic N) is 1. The molecule has 0 radical (unpaired) electrons. The largest absolute Gasteiger partial charge is 0.391 e. The van der Waals surface area contributed by atoms with Crippen LogP contribution in [-0.4, -0.2) is 35.1 Å². The van der Waals surface area contributed by atoms with E-state index < -0.39 is 0 Å². The van der Waals surface area contributed by atoms with Crippen LogP contribution in [0.3, 0.4) is 0 Å². The number of rotatable bonds is 1. The van der Waals surface area contributed by atoms with E-state index in [0.717, 1.165) is 29.4 Å². The van der Waals surface area contributed by atoms with Gasteiger partial charge in [-0.15, -0.1) is 0 Å². The van der Waals surface area contributed by atoms with Gasteiger partial charge in [0.2, 0.25) is 0 Å². The number of hydrogen-bond acceptors (Lipinski definition) is 2. The van der Waals surface area contributed by atoms with Gasteiger partial charge < -0.3 is 10.0 Å². The fourth-order valence-electron chi connectivity index (χ4n) is 2.15. The maximum Gasteiger partial charge on any atom is 0.254 e. The van der Waals surface area contributed by atoms with Crippen LogP contribution in [-0.2, 0) is 0 Å². The van der Waals surface area contributed by atoms with E-state index >= 15 is 0 Å². The molecule has 1 fully saturated rings. The second-order valence-electron chi connectivity index (χ2n) is 4.46. The number of benzene rings is 1. The van der Waals surface area contributed by atoms with E-state index in [1.165, 1.54) is 0 Å². The van der Waals surface area contributed by atoms with Crippen LogP contribution < -0.4 is 0 Å². The number of carbonyl (C=O) groups excluding carboxylic acids is 1. The van der Waals surface area contributed by atoms with Gasteiger partial charge in [0.25, 0.3) is 5.91 Å². The number of amides is 1. The minimum Gasteiger partial charge on any atom is -0.391 e. The van der Waals surface area contributed by atoms with E-state index in [0.29, 0.717) is 12.1 Å². The molecule has 0 bridgehead atoms. The Morgan fingerprint density at radius 3 is 3.00 bits per heavy atom. The molecule has 1 atom stereocenters. The van der Waals surface area contributed by atoms with Crippen molar-refractivity contribution in [2.75, 3.05) is 13.1 Å². The Morgan fingerprint density at radius 1 is 1.53 bits per heavy atom.